The third kappa shape index (κ3) is 2.10. The van der Waals surface area contributed by atoms with Crippen LogP contribution in [0.1, 0.15) is 20.3 Å². The molecule has 5 heteroatoms. The third-order valence-corrected chi connectivity index (χ3v) is 3.63. The molecule has 2 atom stereocenters. The molecule has 0 bridgehead atoms. The zero-order valence-corrected chi connectivity index (χ0v) is 9.88. The van der Waals surface area contributed by atoms with Gasteiger partial charge < -0.3 is 10.4 Å². The smallest absolute Gasteiger partial charge is 0.269 e. The summed E-state index contributed by atoms with van der Waals surface area (Å²) in [5, 5.41) is 23.4. The van der Waals surface area contributed by atoms with Crippen LogP contribution in [0.3, 0.4) is 0 Å². The van der Waals surface area contributed by atoms with Gasteiger partial charge in [0.1, 0.15) is 0 Å². The molecule has 2 unspecified atom stereocenters. The molecule has 1 aromatic rings. The van der Waals surface area contributed by atoms with Crippen molar-refractivity contribution in [2.24, 2.45) is 5.41 Å². The van der Waals surface area contributed by atoms with E-state index in [9.17, 15) is 15.2 Å². The topological polar surface area (TPSA) is 75.4 Å². The van der Waals surface area contributed by atoms with Gasteiger partial charge in [-0.2, -0.15) is 0 Å². The summed E-state index contributed by atoms with van der Waals surface area (Å²) in [5.74, 6) is 0. The van der Waals surface area contributed by atoms with Crippen LogP contribution in [0, 0.1) is 15.5 Å². The molecule has 0 aromatic heterocycles. The highest BCUT2D eigenvalue weighted by molar-refractivity contribution is 5.50. The normalized spacial score (nSPS) is 26.1. The fourth-order valence-electron chi connectivity index (χ4n) is 2.03. The Morgan fingerprint density at radius 3 is 2.41 bits per heavy atom. The number of anilines is 1. The molecule has 0 spiro atoms. The summed E-state index contributed by atoms with van der Waals surface area (Å²) in [6.45, 7) is 4.01. The molecule has 1 aromatic carbocycles. The van der Waals surface area contributed by atoms with E-state index in [0.717, 1.165) is 5.69 Å². The minimum absolute atomic E-state index is 0.0865. The number of nitrogens with one attached hydrogen (secondary N) is 1. The third-order valence-electron chi connectivity index (χ3n) is 3.63. The number of hydrogen-bond donors (Lipinski definition) is 2. The van der Waals surface area contributed by atoms with Gasteiger partial charge in [0.05, 0.1) is 11.0 Å². The van der Waals surface area contributed by atoms with Gasteiger partial charge in [-0.1, -0.05) is 13.8 Å². The van der Waals surface area contributed by atoms with Crippen molar-refractivity contribution < 1.29 is 10.0 Å². The molecule has 2 rings (SSSR count). The minimum Gasteiger partial charge on any atom is -0.392 e. The second-order valence-corrected chi connectivity index (χ2v) is 5.07. The van der Waals surface area contributed by atoms with Crippen molar-refractivity contribution in [3.63, 3.8) is 0 Å². The van der Waals surface area contributed by atoms with E-state index in [4.69, 9.17) is 0 Å². The number of nitro benzene ring substituents is 1. The Hall–Kier alpha value is -1.62. The first-order chi connectivity index (χ1) is 7.91. The average Bonchev–Trinajstić information content (AvgIpc) is 2.29. The van der Waals surface area contributed by atoms with Crippen molar-refractivity contribution in [2.45, 2.75) is 32.4 Å². The summed E-state index contributed by atoms with van der Waals surface area (Å²) >= 11 is 0. The predicted octanol–water partition coefficient (Wildman–Crippen LogP) is 2.17. The molecular formula is C12H16N2O3. The zero-order valence-electron chi connectivity index (χ0n) is 9.88. The standard InChI is InChI=1S/C12H16N2O3/c1-12(2)10(7-11(12)15)13-8-3-5-9(6-4-8)14(16)17/h3-6,10-11,13,15H,7H2,1-2H3. The predicted molar refractivity (Wildman–Crippen MR) is 64.9 cm³/mol. The van der Waals surface area contributed by atoms with Gasteiger partial charge in [-0.15, -0.1) is 0 Å². The van der Waals surface area contributed by atoms with E-state index in [0.29, 0.717) is 6.42 Å². The molecule has 0 radical (unpaired) electrons. The molecule has 5 nitrogen and oxygen atoms in total. The van der Waals surface area contributed by atoms with Gasteiger partial charge in [-0.05, 0) is 18.6 Å². The van der Waals surface area contributed by atoms with Crippen LogP contribution in [0.5, 0.6) is 0 Å². The number of aliphatic hydroxyl groups excluding tert-OH is 1. The van der Waals surface area contributed by atoms with E-state index in [1.807, 2.05) is 13.8 Å². The highest BCUT2D eigenvalue weighted by Crippen LogP contribution is 2.42. The summed E-state index contributed by atoms with van der Waals surface area (Å²) in [7, 11) is 0. The first-order valence-electron chi connectivity index (χ1n) is 5.60. The van der Waals surface area contributed by atoms with E-state index in [-0.39, 0.29) is 23.2 Å². The van der Waals surface area contributed by atoms with Crippen LogP contribution in [0.2, 0.25) is 0 Å². The van der Waals surface area contributed by atoms with E-state index < -0.39 is 4.92 Å². The van der Waals surface area contributed by atoms with Crippen molar-refractivity contribution in [3.05, 3.63) is 34.4 Å². The van der Waals surface area contributed by atoms with Crippen molar-refractivity contribution in [2.75, 3.05) is 5.32 Å². The summed E-state index contributed by atoms with van der Waals surface area (Å²) in [5.41, 5.74) is 0.783. The van der Waals surface area contributed by atoms with Crippen LogP contribution in [0.15, 0.2) is 24.3 Å². The van der Waals surface area contributed by atoms with E-state index in [2.05, 4.69) is 5.32 Å². The molecule has 92 valence electrons. The fourth-order valence-corrected chi connectivity index (χ4v) is 2.03. The number of nitro groups is 1. The molecular weight excluding hydrogens is 220 g/mol. The lowest BCUT2D eigenvalue weighted by atomic mass is 9.64. The Bertz CT molecular complexity index is 428. The van der Waals surface area contributed by atoms with Crippen LogP contribution in [-0.4, -0.2) is 22.2 Å². The van der Waals surface area contributed by atoms with Crippen molar-refractivity contribution in [1.82, 2.24) is 0 Å². The molecule has 0 amide bonds. The van der Waals surface area contributed by atoms with Crippen LogP contribution in [-0.2, 0) is 0 Å². The molecule has 1 aliphatic carbocycles. The van der Waals surface area contributed by atoms with Gasteiger partial charge >= 0.3 is 0 Å². The minimum atomic E-state index is -0.416. The highest BCUT2D eigenvalue weighted by Gasteiger charge is 2.47. The van der Waals surface area contributed by atoms with Gasteiger partial charge in [0, 0.05) is 29.3 Å². The lowest BCUT2D eigenvalue weighted by Crippen LogP contribution is -2.56. The van der Waals surface area contributed by atoms with Gasteiger partial charge in [-0.25, -0.2) is 0 Å². The highest BCUT2D eigenvalue weighted by atomic mass is 16.6. The Balaban J connectivity index is 2.03. The molecule has 0 heterocycles. The largest absolute Gasteiger partial charge is 0.392 e. The van der Waals surface area contributed by atoms with Crippen molar-refractivity contribution >= 4 is 11.4 Å². The summed E-state index contributed by atoms with van der Waals surface area (Å²) in [4.78, 5) is 10.1. The van der Waals surface area contributed by atoms with Crippen LogP contribution < -0.4 is 5.32 Å². The monoisotopic (exact) mass is 236 g/mol. The first-order valence-corrected chi connectivity index (χ1v) is 5.60. The fraction of sp³-hybridized carbons (Fsp3) is 0.500. The van der Waals surface area contributed by atoms with E-state index in [1.54, 1.807) is 12.1 Å². The molecule has 17 heavy (non-hydrogen) atoms. The van der Waals surface area contributed by atoms with Crippen LogP contribution in [0.4, 0.5) is 11.4 Å². The number of non-ortho nitro benzene ring substituents is 1. The zero-order chi connectivity index (χ0) is 12.6. The molecule has 0 aliphatic heterocycles. The summed E-state index contributed by atoms with van der Waals surface area (Å²) < 4.78 is 0. The number of aliphatic hydroxyl groups is 1. The first kappa shape index (κ1) is 11.9. The summed E-state index contributed by atoms with van der Waals surface area (Å²) in [6, 6.07) is 6.55. The molecule has 2 N–H and O–H groups in total. The lowest BCUT2D eigenvalue weighted by Gasteiger charge is -2.49. The van der Waals surface area contributed by atoms with Gasteiger partial charge in [0.25, 0.3) is 5.69 Å². The second kappa shape index (κ2) is 4.00. The quantitative estimate of drug-likeness (QED) is 0.623. The Morgan fingerprint density at radius 2 is 2.00 bits per heavy atom. The van der Waals surface area contributed by atoms with Crippen molar-refractivity contribution in [1.29, 1.82) is 0 Å². The maximum absolute atomic E-state index is 10.5. The summed E-state index contributed by atoms with van der Waals surface area (Å²) in [6.07, 6.45) is 0.433. The molecule has 1 aliphatic rings. The Kier molecular flexibility index (Phi) is 2.79. The van der Waals surface area contributed by atoms with Crippen molar-refractivity contribution in [3.8, 4) is 0 Å². The number of benzene rings is 1. The van der Waals surface area contributed by atoms with Gasteiger partial charge in [0.15, 0.2) is 0 Å². The maximum Gasteiger partial charge on any atom is 0.269 e. The molecule has 0 saturated heterocycles. The van der Waals surface area contributed by atoms with E-state index in [1.165, 1.54) is 12.1 Å². The Labute approximate surface area is 99.6 Å². The average molecular weight is 236 g/mol. The number of nitrogens with zero attached hydrogens (tertiary/aromatic N) is 1. The van der Waals surface area contributed by atoms with Crippen LogP contribution >= 0.6 is 0 Å². The van der Waals surface area contributed by atoms with Gasteiger partial charge in [0.2, 0.25) is 0 Å². The number of rotatable bonds is 3. The Morgan fingerprint density at radius 1 is 1.41 bits per heavy atom. The van der Waals surface area contributed by atoms with E-state index >= 15 is 0 Å². The molecule has 1 fully saturated rings. The second-order valence-electron chi connectivity index (χ2n) is 5.07. The molecule has 1 saturated carbocycles. The van der Waals surface area contributed by atoms with Gasteiger partial charge in [-0.3, -0.25) is 10.1 Å². The SMILES string of the molecule is CC1(C)C(O)CC1Nc1ccc([N+](=O)[O-])cc1. The lowest BCUT2D eigenvalue weighted by molar-refractivity contribution is -0.384. The van der Waals surface area contributed by atoms with Crippen LogP contribution in [0.25, 0.3) is 0 Å². The maximum atomic E-state index is 10.5. The number of hydrogen-bond acceptors (Lipinski definition) is 4.